The minimum absolute atomic E-state index is 0.0140. The summed E-state index contributed by atoms with van der Waals surface area (Å²) in [7, 11) is 0. The van der Waals surface area contributed by atoms with E-state index in [0.717, 1.165) is 31.4 Å². The van der Waals surface area contributed by atoms with Gasteiger partial charge in [0.1, 0.15) is 0 Å². The summed E-state index contributed by atoms with van der Waals surface area (Å²) in [6.45, 7) is 2.91. The molecule has 4 heteroatoms. The van der Waals surface area contributed by atoms with Gasteiger partial charge in [0.15, 0.2) is 0 Å². The fourth-order valence-electron chi connectivity index (χ4n) is 2.25. The normalized spacial score (nSPS) is 21.3. The van der Waals surface area contributed by atoms with Crippen LogP contribution in [0.1, 0.15) is 37.8 Å². The molecular weight excluding hydrogens is 248 g/mol. The van der Waals surface area contributed by atoms with Gasteiger partial charge < -0.3 is 10.6 Å². The van der Waals surface area contributed by atoms with Crippen LogP contribution in [0.25, 0.3) is 0 Å². The van der Waals surface area contributed by atoms with E-state index in [1.807, 2.05) is 31.2 Å². The Kier molecular flexibility index (Phi) is 4.61. The number of hydrogen-bond donors (Lipinski definition) is 2. The van der Waals surface area contributed by atoms with Crippen molar-refractivity contribution in [3.63, 3.8) is 0 Å². The Labute approximate surface area is 113 Å². The van der Waals surface area contributed by atoms with E-state index >= 15 is 0 Å². The molecule has 1 aromatic carbocycles. The molecule has 0 unspecified atom stereocenters. The lowest BCUT2D eigenvalue weighted by Crippen LogP contribution is -2.47. The first kappa shape index (κ1) is 13.4. The maximum Gasteiger partial charge on any atom is 0.237 e. The molecule has 2 atom stereocenters. The van der Waals surface area contributed by atoms with Crippen molar-refractivity contribution in [3.8, 4) is 0 Å². The monoisotopic (exact) mass is 266 g/mol. The molecule has 0 aliphatic carbocycles. The number of amides is 1. The molecule has 0 spiro atoms. The van der Waals surface area contributed by atoms with Crippen LogP contribution < -0.4 is 10.6 Å². The number of rotatable bonds is 3. The summed E-state index contributed by atoms with van der Waals surface area (Å²) in [5.41, 5.74) is 1.03. The molecule has 2 rings (SSSR count). The van der Waals surface area contributed by atoms with Crippen LogP contribution in [-0.4, -0.2) is 18.5 Å². The van der Waals surface area contributed by atoms with Crippen LogP contribution in [0.4, 0.5) is 0 Å². The quantitative estimate of drug-likeness (QED) is 0.883. The Balaban J connectivity index is 1.94. The molecule has 0 radical (unpaired) electrons. The van der Waals surface area contributed by atoms with E-state index in [1.165, 1.54) is 0 Å². The predicted molar refractivity (Wildman–Crippen MR) is 73.7 cm³/mol. The highest BCUT2D eigenvalue weighted by molar-refractivity contribution is 6.30. The maximum atomic E-state index is 12.1. The molecule has 1 aliphatic heterocycles. The molecule has 1 fully saturated rings. The fourth-order valence-corrected chi connectivity index (χ4v) is 2.45. The fraction of sp³-hybridized carbons (Fsp3) is 0.500. The van der Waals surface area contributed by atoms with Gasteiger partial charge in [-0.1, -0.05) is 30.2 Å². The molecule has 0 bridgehead atoms. The van der Waals surface area contributed by atoms with Crippen molar-refractivity contribution in [2.75, 3.05) is 6.54 Å². The van der Waals surface area contributed by atoms with E-state index in [4.69, 9.17) is 11.6 Å². The minimum Gasteiger partial charge on any atom is -0.348 e. The van der Waals surface area contributed by atoms with Crippen molar-refractivity contribution in [2.24, 2.45) is 0 Å². The summed E-state index contributed by atoms with van der Waals surface area (Å²) in [5.74, 6) is 0.0853. The van der Waals surface area contributed by atoms with E-state index in [9.17, 15) is 4.79 Å². The number of hydrogen-bond acceptors (Lipinski definition) is 2. The number of benzene rings is 1. The van der Waals surface area contributed by atoms with Gasteiger partial charge in [0.25, 0.3) is 0 Å². The molecule has 98 valence electrons. The van der Waals surface area contributed by atoms with Gasteiger partial charge in [-0.2, -0.15) is 0 Å². The number of carbonyl (C=O) groups is 1. The second-order valence-corrected chi connectivity index (χ2v) is 5.22. The van der Waals surface area contributed by atoms with Crippen LogP contribution in [0.3, 0.4) is 0 Å². The SMILES string of the molecule is C[C@H](NC(=O)[C@H]1CCCCN1)c1cccc(Cl)c1. The summed E-state index contributed by atoms with van der Waals surface area (Å²) in [4.78, 5) is 12.1. The average Bonchev–Trinajstić information content (AvgIpc) is 2.39. The highest BCUT2D eigenvalue weighted by atomic mass is 35.5. The van der Waals surface area contributed by atoms with Crippen LogP contribution >= 0.6 is 11.6 Å². The Morgan fingerprint density at radius 3 is 3.00 bits per heavy atom. The molecule has 1 amide bonds. The van der Waals surface area contributed by atoms with Gasteiger partial charge in [-0.15, -0.1) is 0 Å². The summed E-state index contributed by atoms with van der Waals surface area (Å²) >= 11 is 5.95. The zero-order valence-electron chi connectivity index (χ0n) is 10.6. The van der Waals surface area contributed by atoms with Crippen LogP contribution in [-0.2, 0) is 4.79 Å². The largest absolute Gasteiger partial charge is 0.348 e. The molecular formula is C14H19ClN2O. The van der Waals surface area contributed by atoms with Crippen molar-refractivity contribution in [1.82, 2.24) is 10.6 Å². The van der Waals surface area contributed by atoms with E-state index in [2.05, 4.69) is 10.6 Å². The van der Waals surface area contributed by atoms with Gasteiger partial charge in [0, 0.05) is 5.02 Å². The highest BCUT2D eigenvalue weighted by Crippen LogP contribution is 2.18. The lowest BCUT2D eigenvalue weighted by atomic mass is 10.0. The van der Waals surface area contributed by atoms with Crippen molar-refractivity contribution >= 4 is 17.5 Å². The van der Waals surface area contributed by atoms with Gasteiger partial charge in [0.05, 0.1) is 12.1 Å². The number of nitrogens with one attached hydrogen (secondary N) is 2. The predicted octanol–water partition coefficient (Wildman–Crippen LogP) is 2.66. The molecule has 3 nitrogen and oxygen atoms in total. The molecule has 1 aromatic rings. The lowest BCUT2D eigenvalue weighted by Gasteiger charge is -2.24. The van der Waals surface area contributed by atoms with Crippen LogP contribution in [0.5, 0.6) is 0 Å². The molecule has 1 heterocycles. The zero-order valence-corrected chi connectivity index (χ0v) is 11.3. The third-order valence-electron chi connectivity index (χ3n) is 3.33. The molecule has 0 saturated carbocycles. The van der Waals surface area contributed by atoms with Crippen LogP contribution in [0.2, 0.25) is 5.02 Å². The Morgan fingerprint density at radius 2 is 2.33 bits per heavy atom. The van der Waals surface area contributed by atoms with Crippen molar-refractivity contribution in [3.05, 3.63) is 34.9 Å². The van der Waals surface area contributed by atoms with Gasteiger partial charge in [-0.25, -0.2) is 0 Å². The molecule has 1 aliphatic rings. The third kappa shape index (κ3) is 3.47. The van der Waals surface area contributed by atoms with Gasteiger partial charge in [-0.05, 0) is 44.0 Å². The highest BCUT2D eigenvalue weighted by Gasteiger charge is 2.21. The smallest absolute Gasteiger partial charge is 0.237 e. The van der Waals surface area contributed by atoms with Gasteiger partial charge in [0.2, 0.25) is 5.91 Å². The first-order chi connectivity index (χ1) is 8.66. The lowest BCUT2D eigenvalue weighted by molar-refractivity contribution is -0.124. The standard InChI is InChI=1S/C14H19ClN2O/c1-10(11-5-4-6-12(15)9-11)17-14(18)13-7-2-3-8-16-13/h4-6,9-10,13,16H,2-3,7-8H2,1H3,(H,17,18)/t10-,13+/m0/s1. The molecule has 0 aromatic heterocycles. The molecule has 2 N–H and O–H groups in total. The Hall–Kier alpha value is -1.06. The Bertz CT molecular complexity index is 416. The van der Waals surface area contributed by atoms with Crippen molar-refractivity contribution < 1.29 is 4.79 Å². The van der Waals surface area contributed by atoms with E-state index in [1.54, 1.807) is 0 Å². The summed E-state index contributed by atoms with van der Waals surface area (Å²) in [6, 6.07) is 7.55. The van der Waals surface area contributed by atoms with E-state index in [0.29, 0.717) is 5.02 Å². The maximum absolute atomic E-state index is 12.1. The van der Waals surface area contributed by atoms with E-state index in [-0.39, 0.29) is 18.0 Å². The summed E-state index contributed by atoms with van der Waals surface area (Å²) < 4.78 is 0. The first-order valence-corrected chi connectivity index (χ1v) is 6.84. The number of piperidine rings is 1. The summed E-state index contributed by atoms with van der Waals surface area (Å²) in [5, 5.41) is 6.98. The summed E-state index contributed by atoms with van der Waals surface area (Å²) in [6.07, 6.45) is 3.21. The van der Waals surface area contributed by atoms with E-state index < -0.39 is 0 Å². The minimum atomic E-state index is -0.0413. The second kappa shape index (κ2) is 6.21. The van der Waals surface area contributed by atoms with Gasteiger partial charge >= 0.3 is 0 Å². The Morgan fingerprint density at radius 1 is 1.50 bits per heavy atom. The number of halogens is 1. The molecule has 1 saturated heterocycles. The van der Waals surface area contributed by atoms with Gasteiger partial charge in [-0.3, -0.25) is 4.79 Å². The second-order valence-electron chi connectivity index (χ2n) is 4.79. The topological polar surface area (TPSA) is 41.1 Å². The molecule has 18 heavy (non-hydrogen) atoms. The van der Waals surface area contributed by atoms with Crippen LogP contribution in [0.15, 0.2) is 24.3 Å². The van der Waals surface area contributed by atoms with Crippen molar-refractivity contribution in [1.29, 1.82) is 0 Å². The van der Waals surface area contributed by atoms with Crippen LogP contribution in [0, 0.1) is 0 Å². The zero-order chi connectivity index (χ0) is 13.0. The average molecular weight is 267 g/mol. The number of carbonyl (C=O) groups excluding carboxylic acids is 1. The third-order valence-corrected chi connectivity index (χ3v) is 3.57. The first-order valence-electron chi connectivity index (χ1n) is 6.46. The van der Waals surface area contributed by atoms with Crippen molar-refractivity contribution in [2.45, 2.75) is 38.3 Å².